The lowest BCUT2D eigenvalue weighted by Gasteiger charge is -2.29. The number of alkyl halides is 3. The van der Waals surface area contributed by atoms with Gasteiger partial charge in [-0.2, -0.15) is 17.5 Å². The van der Waals surface area contributed by atoms with Crippen molar-refractivity contribution in [2.24, 2.45) is 0 Å². The van der Waals surface area contributed by atoms with Gasteiger partial charge in [-0.05, 0) is 48.4 Å². The first-order valence-corrected chi connectivity index (χ1v) is 12.4. The molecule has 0 aliphatic carbocycles. The maximum absolute atomic E-state index is 13.2. The van der Waals surface area contributed by atoms with Crippen LogP contribution in [0.15, 0.2) is 71.9 Å². The first-order chi connectivity index (χ1) is 16.6. The molecule has 0 spiro atoms. The number of fused-ring (bicyclic) bond motifs is 2. The van der Waals surface area contributed by atoms with Crippen molar-refractivity contribution >= 4 is 44.0 Å². The number of pyridine rings is 2. The van der Waals surface area contributed by atoms with E-state index in [1.807, 2.05) is 30.3 Å². The maximum Gasteiger partial charge on any atom is 0.416 e. The Morgan fingerprint density at radius 2 is 1.83 bits per heavy atom. The third-order valence-electron chi connectivity index (χ3n) is 5.84. The summed E-state index contributed by atoms with van der Waals surface area (Å²) >= 11 is 6.01. The van der Waals surface area contributed by atoms with Crippen LogP contribution in [0.1, 0.15) is 16.7 Å². The summed E-state index contributed by atoms with van der Waals surface area (Å²) in [6.07, 6.45) is -1.11. The van der Waals surface area contributed by atoms with Gasteiger partial charge in [-0.25, -0.2) is 13.4 Å². The van der Waals surface area contributed by atoms with Crippen LogP contribution in [0.3, 0.4) is 0 Å². The average Bonchev–Trinajstić information content (AvgIpc) is 2.83. The molecule has 0 saturated heterocycles. The van der Waals surface area contributed by atoms with Gasteiger partial charge in [-0.1, -0.05) is 29.8 Å². The molecule has 1 aliphatic rings. The summed E-state index contributed by atoms with van der Waals surface area (Å²) in [6.45, 7) is 0.0513. The Morgan fingerprint density at radius 3 is 2.63 bits per heavy atom. The first-order valence-electron chi connectivity index (χ1n) is 10.6. The molecule has 35 heavy (non-hydrogen) atoms. The van der Waals surface area contributed by atoms with E-state index in [0.29, 0.717) is 23.9 Å². The zero-order chi connectivity index (χ0) is 24.8. The van der Waals surface area contributed by atoms with Crippen LogP contribution in [0.5, 0.6) is 0 Å². The van der Waals surface area contributed by atoms with Crippen LogP contribution in [0.2, 0.25) is 5.02 Å². The molecule has 1 N–H and O–H groups in total. The van der Waals surface area contributed by atoms with Gasteiger partial charge >= 0.3 is 6.18 Å². The third kappa shape index (κ3) is 4.56. The van der Waals surface area contributed by atoms with Crippen molar-refractivity contribution < 1.29 is 21.6 Å². The van der Waals surface area contributed by atoms with Gasteiger partial charge in [0.15, 0.2) is 0 Å². The Morgan fingerprint density at radius 1 is 1.03 bits per heavy atom. The van der Waals surface area contributed by atoms with Crippen molar-refractivity contribution in [2.75, 3.05) is 11.9 Å². The molecule has 6 nitrogen and oxygen atoms in total. The number of nitrogens with one attached hydrogen (secondary N) is 1. The highest BCUT2D eigenvalue weighted by Gasteiger charge is 2.35. The van der Waals surface area contributed by atoms with E-state index < -0.39 is 26.7 Å². The zero-order valence-corrected chi connectivity index (χ0v) is 19.6. The molecule has 0 saturated carbocycles. The predicted molar refractivity (Wildman–Crippen MR) is 127 cm³/mol. The van der Waals surface area contributed by atoms with Crippen LogP contribution in [-0.4, -0.2) is 29.2 Å². The smallest absolute Gasteiger partial charge is 0.339 e. The normalized spacial score (nSPS) is 14.6. The van der Waals surface area contributed by atoms with Gasteiger partial charge in [0.25, 0.3) is 0 Å². The maximum atomic E-state index is 13.2. The van der Waals surface area contributed by atoms with E-state index in [-0.39, 0.29) is 18.1 Å². The van der Waals surface area contributed by atoms with Crippen LogP contribution in [0.4, 0.5) is 24.7 Å². The lowest BCUT2D eigenvalue weighted by molar-refractivity contribution is -0.137. The number of nitrogens with zero attached hydrogens (tertiary/aromatic N) is 3. The minimum absolute atomic E-state index is 0.0165. The number of rotatable bonds is 4. The standard InChI is InChI=1S/C24H18ClF3N4O2S/c25-20-6-5-17(24(26,27)28)12-22(20)35(33,34)32-10-8-19-16(14-32)7-9-29-23(19)31-18-11-15-3-1-2-4-21(15)30-13-18/h1-7,9,11-13H,8,10,14H2,(H,29,31). The molecule has 2 aromatic heterocycles. The van der Waals surface area contributed by atoms with Crippen molar-refractivity contribution in [3.8, 4) is 0 Å². The molecule has 2 aromatic carbocycles. The van der Waals surface area contributed by atoms with Gasteiger partial charge in [-0.3, -0.25) is 4.98 Å². The van der Waals surface area contributed by atoms with Crippen LogP contribution in [-0.2, 0) is 29.2 Å². The fourth-order valence-electron chi connectivity index (χ4n) is 4.07. The van der Waals surface area contributed by atoms with Crippen molar-refractivity contribution in [3.63, 3.8) is 0 Å². The summed E-state index contributed by atoms with van der Waals surface area (Å²) in [6, 6.07) is 13.6. The molecule has 11 heteroatoms. The number of halogens is 4. The van der Waals surface area contributed by atoms with E-state index in [4.69, 9.17) is 11.6 Å². The van der Waals surface area contributed by atoms with Crippen molar-refractivity contribution in [2.45, 2.75) is 24.0 Å². The number of para-hydroxylation sites is 1. The van der Waals surface area contributed by atoms with Crippen LogP contribution < -0.4 is 5.32 Å². The number of hydrogen-bond donors (Lipinski definition) is 1. The van der Waals surface area contributed by atoms with E-state index in [2.05, 4.69) is 15.3 Å². The summed E-state index contributed by atoms with van der Waals surface area (Å²) in [7, 11) is -4.26. The molecule has 180 valence electrons. The molecule has 1 aliphatic heterocycles. The molecule has 0 bridgehead atoms. The number of anilines is 2. The monoisotopic (exact) mass is 518 g/mol. The Labute approximate surface area is 204 Å². The van der Waals surface area contributed by atoms with E-state index >= 15 is 0 Å². The predicted octanol–water partition coefficient (Wildman–Crippen LogP) is 5.79. The fourth-order valence-corrected chi connectivity index (χ4v) is 5.99. The second kappa shape index (κ2) is 8.78. The highest BCUT2D eigenvalue weighted by molar-refractivity contribution is 7.89. The van der Waals surface area contributed by atoms with Gasteiger partial charge in [0.2, 0.25) is 10.0 Å². The van der Waals surface area contributed by atoms with Crippen molar-refractivity contribution in [3.05, 3.63) is 88.7 Å². The largest absolute Gasteiger partial charge is 0.416 e. The molecule has 0 radical (unpaired) electrons. The number of aromatic nitrogens is 2. The number of sulfonamides is 1. The second-order valence-corrected chi connectivity index (χ2v) is 10.4. The Kier molecular flexibility index (Phi) is 5.90. The van der Waals surface area contributed by atoms with E-state index in [1.54, 1.807) is 18.5 Å². The van der Waals surface area contributed by atoms with E-state index in [0.717, 1.165) is 38.6 Å². The molecule has 3 heterocycles. The SMILES string of the molecule is O=S(=O)(c1cc(C(F)(F)F)ccc1Cl)N1CCc2c(ccnc2Nc2cnc3ccccc3c2)C1. The molecular formula is C24H18ClF3N4O2S. The molecule has 0 amide bonds. The summed E-state index contributed by atoms with van der Waals surface area (Å²) in [4.78, 5) is 8.28. The van der Waals surface area contributed by atoms with Crippen LogP contribution >= 0.6 is 11.6 Å². The van der Waals surface area contributed by atoms with Gasteiger partial charge in [0, 0.05) is 30.2 Å². The number of benzene rings is 2. The fraction of sp³-hybridized carbons (Fsp3) is 0.167. The van der Waals surface area contributed by atoms with Gasteiger partial charge < -0.3 is 5.32 Å². The Bertz CT molecular complexity index is 1540. The Balaban J connectivity index is 1.43. The number of hydrogen-bond acceptors (Lipinski definition) is 5. The van der Waals surface area contributed by atoms with Crippen LogP contribution in [0.25, 0.3) is 10.9 Å². The molecule has 0 fully saturated rings. The van der Waals surface area contributed by atoms with Crippen LogP contribution in [0, 0.1) is 0 Å². The average molecular weight is 519 g/mol. The summed E-state index contributed by atoms with van der Waals surface area (Å²) in [5, 5.41) is 3.95. The molecule has 5 rings (SSSR count). The molecule has 4 aromatic rings. The van der Waals surface area contributed by atoms with Gasteiger partial charge in [-0.15, -0.1) is 0 Å². The van der Waals surface area contributed by atoms with Crippen molar-refractivity contribution in [1.29, 1.82) is 0 Å². The minimum atomic E-state index is -4.69. The molecule has 0 atom stereocenters. The molecular weight excluding hydrogens is 501 g/mol. The van der Waals surface area contributed by atoms with Gasteiger partial charge in [0.05, 0.1) is 28.0 Å². The molecule has 0 unspecified atom stereocenters. The summed E-state index contributed by atoms with van der Waals surface area (Å²) in [5.74, 6) is 0.578. The zero-order valence-electron chi connectivity index (χ0n) is 18.1. The minimum Gasteiger partial charge on any atom is -0.339 e. The van der Waals surface area contributed by atoms with E-state index in [1.165, 1.54) is 0 Å². The topological polar surface area (TPSA) is 75.2 Å². The summed E-state index contributed by atoms with van der Waals surface area (Å²) in [5.41, 5.74) is 2.06. The Hall–Kier alpha value is -3.21. The van der Waals surface area contributed by atoms with Gasteiger partial charge in [0.1, 0.15) is 10.7 Å². The summed E-state index contributed by atoms with van der Waals surface area (Å²) < 4.78 is 67.1. The van der Waals surface area contributed by atoms with E-state index in [9.17, 15) is 21.6 Å². The second-order valence-electron chi connectivity index (χ2n) is 8.07. The first kappa shape index (κ1) is 23.5. The highest BCUT2D eigenvalue weighted by atomic mass is 35.5. The quantitative estimate of drug-likeness (QED) is 0.370. The highest BCUT2D eigenvalue weighted by Crippen LogP contribution is 2.36. The van der Waals surface area contributed by atoms with Crippen molar-refractivity contribution in [1.82, 2.24) is 14.3 Å². The lowest BCUT2D eigenvalue weighted by atomic mass is 10.0. The third-order valence-corrected chi connectivity index (χ3v) is 8.17. The lowest BCUT2D eigenvalue weighted by Crippen LogP contribution is -2.36.